The summed E-state index contributed by atoms with van der Waals surface area (Å²) in [6.07, 6.45) is 3.76. The van der Waals surface area contributed by atoms with Crippen LogP contribution in [0.5, 0.6) is 0 Å². The van der Waals surface area contributed by atoms with Crippen molar-refractivity contribution >= 4 is 11.8 Å². The predicted octanol–water partition coefficient (Wildman–Crippen LogP) is 2.19. The molecular weight excluding hydrogens is 283 g/mol. The van der Waals surface area contributed by atoms with E-state index < -0.39 is 0 Å². The highest BCUT2D eigenvalue weighted by Gasteiger charge is 2.42. The van der Waals surface area contributed by atoms with E-state index in [1.807, 2.05) is 0 Å². The van der Waals surface area contributed by atoms with Gasteiger partial charge >= 0.3 is 0 Å². The lowest BCUT2D eigenvalue weighted by molar-refractivity contribution is -0.140. The molecule has 4 nitrogen and oxygen atoms in total. The van der Waals surface area contributed by atoms with Gasteiger partial charge in [0.25, 0.3) is 0 Å². The van der Waals surface area contributed by atoms with Crippen molar-refractivity contribution in [1.82, 2.24) is 10.2 Å². The molecule has 1 heterocycles. The maximum Gasteiger partial charge on any atom is 0.224 e. The van der Waals surface area contributed by atoms with Crippen molar-refractivity contribution < 1.29 is 14.0 Å². The van der Waals surface area contributed by atoms with E-state index in [1.165, 1.54) is 12.1 Å². The second kappa shape index (κ2) is 5.71. The average molecular weight is 304 g/mol. The topological polar surface area (TPSA) is 49.4 Å². The summed E-state index contributed by atoms with van der Waals surface area (Å²) in [4.78, 5) is 26.0. The van der Waals surface area contributed by atoms with E-state index in [9.17, 15) is 14.0 Å². The molecule has 0 spiro atoms. The monoisotopic (exact) mass is 304 g/mol. The molecule has 1 saturated heterocycles. The van der Waals surface area contributed by atoms with Gasteiger partial charge in [-0.05, 0) is 43.4 Å². The molecular formula is C17H21FN2O2. The molecule has 0 bridgehead atoms. The van der Waals surface area contributed by atoms with Gasteiger partial charge in [0.1, 0.15) is 5.82 Å². The summed E-state index contributed by atoms with van der Waals surface area (Å²) in [5.41, 5.74) is 0.574. The van der Waals surface area contributed by atoms with Crippen molar-refractivity contribution in [2.45, 2.75) is 37.6 Å². The smallest absolute Gasteiger partial charge is 0.224 e. The van der Waals surface area contributed by atoms with E-state index in [2.05, 4.69) is 5.32 Å². The number of hydrogen-bond donors (Lipinski definition) is 1. The number of amides is 2. The van der Waals surface area contributed by atoms with Crippen LogP contribution in [0.3, 0.4) is 0 Å². The lowest BCUT2D eigenvalue weighted by Crippen LogP contribution is -2.53. The van der Waals surface area contributed by atoms with Gasteiger partial charge in [0.05, 0.1) is 5.54 Å². The first-order valence-electron chi connectivity index (χ1n) is 7.82. The van der Waals surface area contributed by atoms with Crippen LogP contribution >= 0.6 is 0 Å². The zero-order valence-corrected chi connectivity index (χ0v) is 12.8. The van der Waals surface area contributed by atoms with E-state index in [-0.39, 0.29) is 35.5 Å². The van der Waals surface area contributed by atoms with Crippen LogP contribution in [-0.4, -0.2) is 30.3 Å². The molecule has 2 aliphatic rings. The summed E-state index contributed by atoms with van der Waals surface area (Å²) in [5.74, 6) is -0.548. The second-order valence-corrected chi connectivity index (χ2v) is 6.44. The Bertz CT molecular complexity index is 581. The van der Waals surface area contributed by atoms with Crippen LogP contribution < -0.4 is 5.32 Å². The highest BCUT2D eigenvalue weighted by atomic mass is 19.1. The summed E-state index contributed by atoms with van der Waals surface area (Å²) < 4.78 is 13.1. The van der Waals surface area contributed by atoms with Crippen molar-refractivity contribution in [2.24, 2.45) is 5.92 Å². The van der Waals surface area contributed by atoms with Gasteiger partial charge in [-0.25, -0.2) is 4.39 Å². The van der Waals surface area contributed by atoms with Crippen LogP contribution in [0.15, 0.2) is 24.3 Å². The lowest BCUT2D eigenvalue weighted by atomic mass is 9.71. The van der Waals surface area contributed by atoms with E-state index >= 15 is 0 Å². The number of piperidine rings is 1. The molecule has 2 amide bonds. The van der Waals surface area contributed by atoms with Crippen LogP contribution in [0.1, 0.15) is 37.7 Å². The minimum absolute atomic E-state index is 0.0239. The quantitative estimate of drug-likeness (QED) is 0.930. The van der Waals surface area contributed by atoms with Gasteiger partial charge in [-0.1, -0.05) is 12.1 Å². The molecule has 22 heavy (non-hydrogen) atoms. The van der Waals surface area contributed by atoms with Crippen molar-refractivity contribution in [3.05, 3.63) is 35.6 Å². The molecule has 1 atom stereocenters. The van der Waals surface area contributed by atoms with Crippen LogP contribution in [0.2, 0.25) is 0 Å². The Morgan fingerprint density at radius 2 is 2.00 bits per heavy atom. The molecule has 1 aromatic carbocycles. The molecule has 3 rings (SSSR count). The Morgan fingerprint density at radius 1 is 1.32 bits per heavy atom. The lowest BCUT2D eigenvalue weighted by Gasteiger charge is -2.44. The summed E-state index contributed by atoms with van der Waals surface area (Å²) in [5, 5.41) is 3.14. The molecule has 1 saturated carbocycles. The zero-order chi connectivity index (χ0) is 15.7. The van der Waals surface area contributed by atoms with Gasteiger partial charge in [-0.3, -0.25) is 9.59 Å². The molecule has 5 heteroatoms. The Kier molecular flexibility index (Phi) is 3.89. The second-order valence-electron chi connectivity index (χ2n) is 6.44. The molecule has 1 aliphatic heterocycles. The van der Waals surface area contributed by atoms with Gasteiger partial charge in [0, 0.05) is 25.9 Å². The van der Waals surface area contributed by atoms with Gasteiger partial charge in [-0.2, -0.15) is 0 Å². The highest BCUT2D eigenvalue weighted by Crippen LogP contribution is 2.41. The molecule has 0 unspecified atom stereocenters. The summed E-state index contributed by atoms with van der Waals surface area (Å²) in [6.45, 7) is 0.625. The molecule has 1 aliphatic carbocycles. The van der Waals surface area contributed by atoms with Crippen molar-refractivity contribution in [3.63, 3.8) is 0 Å². The molecule has 1 aromatic rings. The van der Waals surface area contributed by atoms with Crippen LogP contribution in [0.4, 0.5) is 4.39 Å². The zero-order valence-electron chi connectivity index (χ0n) is 12.8. The Balaban J connectivity index is 1.71. The minimum atomic E-state index is -0.378. The number of hydrogen-bond acceptors (Lipinski definition) is 2. The first-order valence-corrected chi connectivity index (χ1v) is 7.82. The van der Waals surface area contributed by atoms with Crippen molar-refractivity contribution in [2.75, 3.05) is 13.6 Å². The van der Waals surface area contributed by atoms with E-state index in [1.54, 1.807) is 24.1 Å². The fourth-order valence-electron chi connectivity index (χ4n) is 3.29. The number of halogens is 1. The maximum absolute atomic E-state index is 13.1. The number of rotatable bonds is 3. The van der Waals surface area contributed by atoms with E-state index in [4.69, 9.17) is 0 Å². The normalized spacial score (nSPS) is 23.8. The van der Waals surface area contributed by atoms with Crippen LogP contribution in [-0.2, 0) is 15.1 Å². The third kappa shape index (κ3) is 2.72. The highest BCUT2D eigenvalue weighted by molar-refractivity contribution is 5.87. The molecule has 0 aromatic heterocycles. The minimum Gasteiger partial charge on any atom is -0.346 e. The number of carbonyl (C=O) groups is 2. The largest absolute Gasteiger partial charge is 0.346 e. The summed E-state index contributed by atoms with van der Waals surface area (Å²) in [7, 11) is 1.77. The fourth-order valence-corrected chi connectivity index (χ4v) is 3.29. The van der Waals surface area contributed by atoms with Crippen molar-refractivity contribution in [1.29, 1.82) is 0 Å². The molecule has 2 fully saturated rings. The summed E-state index contributed by atoms with van der Waals surface area (Å²) >= 11 is 0. The van der Waals surface area contributed by atoms with Gasteiger partial charge in [0.15, 0.2) is 0 Å². The van der Waals surface area contributed by atoms with E-state index in [0.717, 1.165) is 24.8 Å². The SMILES string of the molecule is CN1CC[C@@H](C(=O)NC2(c3ccc(F)cc3)CCC2)CC1=O. The van der Waals surface area contributed by atoms with Crippen LogP contribution in [0, 0.1) is 11.7 Å². The standard InChI is InChI=1S/C17H21FN2O2/c1-20-10-7-12(11-15(20)21)16(22)19-17(8-2-9-17)13-3-5-14(18)6-4-13/h3-6,12H,2,7-11H2,1H3,(H,19,22)/t12-/m1/s1. The molecule has 0 radical (unpaired) electrons. The van der Waals surface area contributed by atoms with Crippen LogP contribution in [0.25, 0.3) is 0 Å². The average Bonchev–Trinajstić information content (AvgIpc) is 2.46. The van der Waals surface area contributed by atoms with Gasteiger partial charge < -0.3 is 10.2 Å². The number of nitrogens with zero attached hydrogens (tertiary/aromatic N) is 1. The Morgan fingerprint density at radius 3 is 2.55 bits per heavy atom. The Hall–Kier alpha value is -1.91. The third-order valence-corrected chi connectivity index (χ3v) is 5.00. The van der Waals surface area contributed by atoms with E-state index in [0.29, 0.717) is 13.0 Å². The third-order valence-electron chi connectivity index (χ3n) is 5.00. The van der Waals surface area contributed by atoms with Gasteiger partial charge in [0.2, 0.25) is 11.8 Å². The summed E-state index contributed by atoms with van der Waals surface area (Å²) in [6, 6.07) is 6.35. The first-order chi connectivity index (χ1) is 10.5. The van der Waals surface area contributed by atoms with Crippen molar-refractivity contribution in [3.8, 4) is 0 Å². The van der Waals surface area contributed by atoms with Gasteiger partial charge in [-0.15, -0.1) is 0 Å². The fraction of sp³-hybridized carbons (Fsp3) is 0.529. The number of carbonyl (C=O) groups excluding carboxylic acids is 2. The Labute approximate surface area is 129 Å². The maximum atomic E-state index is 13.1. The number of benzene rings is 1. The molecule has 1 N–H and O–H groups in total. The number of nitrogens with one attached hydrogen (secondary N) is 1. The number of likely N-dealkylation sites (tertiary alicyclic amines) is 1. The predicted molar refractivity (Wildman–Crippen MR) is 80.4 cm³/mol. The molecule has 118 valence electrons. The first kappa shape index (κ1) is 15.0.